The van der Waals surface area contributed by atoms with Crippen molar-refractivity contribution in [2.75, 3.05) is 0 Å². The summed E-state index contributed by atoms with van der Waals surface area (Å²) in [5.41, 5.74) is 4.59. The first kappa shape index (κ1) is 10.2. The van der Waals surface area contributed by atoms with Crippen LogP contribution in [0.15, 0.2) is 24.3 Å². The third-order valence-electron chi connectivity index (χ3n) is 3.20. The summed E-state index contributed by atoms with van der Waals surface area (Å²) in [6.07, 6.45) is 3.92. The molecule has 0 bridgehead atoms. The Morgan fingerprint density at radius 2 is 1.86 bits per heavy atom. The maximum Gasteiger partial charge on any atom is 0 e. The Hall–Kier alpha value is -0.287. The maximum atomic E-state index is 2.40. The van der Waals surface area contributed by atoms with Crippen LogP contribution in [0.4, 0.5) is 0 Å². The summed E-state index contributed by atoms with van der Waals surface area (Å²) in [7, 11) is 0. The monoisotopic (exact) mass is 259 g/mol. The summed E-state index contributed by atoms with van der Waals surface area (Å²) in [4.78, 5) is 0. The molecule has 70 valence electrons. The predicted molar refractivity (Wildman–Crippen MR) is 56.3 cm³/mol. The normalized spacial score (nSPS) is 14.1. The van der Waals surface area contributed by atoms with Gasteiger partial charge in [0.1, 0.15) is 0 Å². The molecule has 0 saturated heterocycles. The van der Waals surface area contributed by atoms with Gasteiger partial charge in [-0.15, -0.1) is 28.5 Å². The van der Waals surface area contributed by atoms with Crippen LogP contribution >= 0.6 is 0 Å². The Bertz CT molecular complexity index is 465. The van der Waals surface area contributed by atoms with Crippen LogP contribution < -0.4 is 0 Å². The fourth-order valence-corrected chi connectivity index (χ4v) is 2.43. The second-order valence-electron chi connectivity index (χ2n) is 4.08. The zero-order chi connectivity index (χ0) is 8.84. The van der Waals surface area contributed by atoms with Crippen molar-refractivity contribution in [3.8, 4) is 0 Å². The van der Waals surface area contributed by atoms with Gasteiger partial charge in [-0.1, -0.05) is 18.1 Å². The molecular weight excluding hydrogens is 247 g/mol. The number of fused-ring (bicyclic) bond motifs is 2. The van der Waals surface area contributed by atoms with Gasteiger partial charge in [-0.3, -0.25) is 0 Å². The van der Waals surface area contributed by atoms with Gasteiger partial charge in [-0.25, -0.2) is 0 Å². The molecule has 3 rings (SSSR count). The zero-order valence-electron chi connectivity index (χ0n) is 8.43. The van der Waals surface area contributed by atoms with Crippen LogP contribution in [0.25, 0.3) is 10.8 Å². The van der Waals surface area contributed by atoms with Crippen LogP contribution in [0.3, 0.4) is 0 Å². The smallest absolute Gasteiger partial charge is 0 e. The first-order valence-electron chi connectivity index (χ1n) is 5.02. The van der Waals surface area contributed by atoms with E-state index in [-0.39, 0.29) is 26.2 Å². The molecule has 0 aromatic heterocycles. The van der Waals surface area contributed by atoms with E-state index in [2.05, 4.69) is 31.2 Å². The molecule has 0 radical (unpaired) electrons. The largest absolute Gasteiger partial charge is 0.168 e. The summed E-state index contributed by atoms with van der Waals surface area (Å²) >= 11 is 0. The molecule has 0 amide bonds. The van der Waals surface area contributed by atoms with E-state index in [1.165, 1.54) is 35.6 Å². The van der Waals surface area contributed by atoms with Gasteiger partial charge in [0.2, 0.25) is 0 Å². The summed E-state index contributed by atoms with van der Waals surface area (Å²) in [6, 6.07) is 9.24. The van der Waals surface area contributed by atoms with Crippen LogP contribution in [0, 0.1) is 6.92 Å². The topological polar surface area (TPSA) is 0 Å². The molecule has 1 aliphatic rings. The molecule has 0 atom stereocenters. The van der Waals surface area contributed by atoms with E-state index in [1.54, 1.807) is 11.1 Å². The van der Waals surface area contributed by atoms with Crippen molar-refractivity contribution >= 4 is 10.8 Å². The molecule has 0 unspecified atom stereocenters. The zero-order valence-corrected chi connectivity index (χ0v) is 10.9. The molecule has 14 heavy (non-hydrogen) atoms. The van der Waals surface area contributed by atoms with Crippen LogP contribution in [-0.2, 0) is 39.0 Å². The average Bonchev–Trinajstić information content (AvgIpc) is 2.70. The van der Waals surface area contributed by atoms with Crippen LogP contribution in [0.1, 0.15) is 23.1 Å². The number of aryl methyl sites for hydroxylation is 3. The summed E-state index contributed by atoms with van der Waals surface area (Å²) in [6.45, 7) is 2.20. The van der Waals surface area contributed by atoms with Crippen molar-refractivity contribution in [3.05, 3.63) is 41.0 Å². The van der Waals surface area contributed by atoms with E-state index in [0.29, 0.717) is 0 Å². The van der Waals surface area contributed by atoms with E-state index in [0.717, 1.165) is 0 Å². The molecule has 2 aromatic carbocycles. The SMILES string of the molecule is C[c-]1ccc2cc3c(cc21)CCC3.[Zr]. The average molecular weight is 260 g/mol. The summed E-state index contributed by atoms with van der Waals surface area (Å²) in [5.74, 6) is 0. The second-order valence-corrected chi connectivity index (χ2v) is 4.08. The Morgan fingerprint density at radius 1 is 1.14 bits per heavy atom. The minimum absolute atomic E-state index is 0. The third kappa shape index (κ3) is 1.43. The van der Waals surface area contributed by atoms with Gasteiger partial charge in [0, 0.05) is 26.2 Å². The minimum Gasteiger partial charge on any atom is -0.168 e. The molecule has 2 aromatic rings. The molecule has 1 heteroatoms. The van der Waals surface area contributed by atoms with Gasteiger partial charge in [-0.05, 0) is 19.3 Å². The van der Waals surface area contributed by atoms with Crippen molar-refractivity contribution in [2.45, 2.75) is 26.2 Å². The van der Waals surface area contributed by atoms with Gasteiger partial charge in [0.15, 0.2) is 0 Å². The van der Waals surface area contributed by atoms with Gasteiger partial charge in [0.25, 0.3) is 0 Å². The number of benzene rings is 1. The molecule has 0 fully saturated rings. The van der Waals surface area contributed by atoms with Gasteiger partial charge < -0.3 is 0 Å². The number of rotatable bonds is 0. The van der Waals surface area contributed by atoms with Crippen LogP contribution in [0.2, 0.25) is 0 Å². The molecular formula is C13H13Zr-. The van der Waals surface area contributed by atoms with Gasteiger partial charge in [-0.2, -0.15) is 12.1 Å². The molecule has 0 N–H and O–H groups in total. The fraction of sp³-hybridized carbons (Fsp3) is 0.308. The van der Waals surface area contributed by atoms with Crippen molar-refractivity contribution < 1.29 is 26.2 Å². The molecule has 0 nitrogen and oxygen atoms in total. The molecule has 0 spiro atoms. The summed E-state index contributed by atoms with van der Waals surface area (Å²) in [5, 5.41) is 2.89. The quantitative estimate of drug-likeness (QED) is 0.637. The standard InChI is InChI=1S/C13H13.Zr/c1-9-5-6-12-7-10-3-2-4-11(10)8-13(9)12;/h5-8H,2-4H2,1H3;/q-1;. The Balaban J connectivity index is 0.000000750. The van der Waals surface area contributed by atoms with Gasteiger partial charge >= 0.3 is 0 Å². The first-order valence-corrected chi connectivity index (χ1v) is 5.02. The molecule has 1 aliphatic carbocycles. The minimum atomic E-state index is 0. The van der Waals surface area contributed by atoms with E-state index < -0.39 is 0 Å². The van der Waals surface area contributed by atoms with Gasteiger partial charge in [0.05, 0.1) is 0 Å². The molecule has 0 heterocycles. The van der Waals surface area contributed by atoms with Crippen molar-refractivity contribution in [3.63, 3.8) is 0 Å². The molecule has 0 saturated carbocycles. The van der Waals surface area contributed by atoms with E-state index in [4.69, 9.17) is 0 Å². The van der Waals surface area contributed by atoms with Crippen molar-refractivity contribution in [1.29, 1.82) is 0 Å². The van der Waals surface area contributed by atoms with Crippen LogP contribution in [-0.4, -0.2) is 0 Å². The number of hydrogen-bond acceptors (Lipinski definition) is 0. The van der Waals surface area contributed by atoms with Crippen molar-refractivity contribution in [2.24, 2.45) is 0 Å². The Morgan fingerprint density at radius 3 is 2.64 bits per heavy atom. The van der Waals surface area contributed by atoms with E-state index >= 15 is 0 Å². The molecule has 0 aliphatic heterocycles. The summed E-state index contributed by atoms with van der Waals surface area (Å²) < 4.78 is 0. The Labute approximate surface area is 104 Å². The maximum absolute atomic E-state index is 2.40. The first-order chi connectivity index (χ1) is 6.34. The predicted octanol–water partition coefficient (Wildman–Crippen LogP) is 3.35. The Kier molecular flexibility index (Phi) is 2.71. The van der Waals surface area contributed by atoms with E-state index in [9.17, 15) is 0 Å². The third-order valence-corrected chi connectivity index (χ3v) is 3.20. The van der Waals surface area contributed by atoms with Crippen LogP contribution in [0.5, 0.6) is 0 Å². The van der Waals surface area contributed by atoms with E-state index in [1.807, 2.05) is 0 Å². The second kappa shape index (κ2) is 3.70. The fourth-order valence-electron chi connectivity index (χ4n) is 2.43. The number of hydrogen-bond donors (Lipinski definition) is 0. The van der Waals surface area contributed by atoms with Crippen molar-refractivity contribution in [1.82, 2.24) is 0 Å².